The van der Waals surface area contributed by atoms with Gasteiger partial charge in [-0.05, 0) is 58.1 Å². The van der Waals surface area contributed by atoms with Crippen LogP contribution in [0.4, 0.5) is 13.6 Å². The smallest absolute Gasteiger partial charge is 0.447 e. The normalized spacial score (nSPS) is 20.7. The van der Waals surface area contributed by atoms with Crippen LogP contribution in [0.2, 0.25) is 0 Å². The first kappa shape index (κ1) is 30.5. The van der Waals surface area contributed by atoms with E-state index in [9.17, 15) is 33.7 Å². The van der Waals surface area contributed by atoms with Crippen molar-refractivity contribution < 1.29 is 33.2 Å². The highest BCUT2D eigenvalue weighted by molar-refractivity contribution is 6.43. The lowest BCUT2D eigenvalue weighted by Crippen LogP contribution is -2.50. The summed E-state index contributed by atoms with van der Waals surface area (Å²) in [6.45, 7) is 5.27. The monoisotopic (exact) mass is 546 g/mol. The first-order valence-corrected chi connectivity index (χ1v) is 13.2. The molecule has 2 saturated heterocycles. The number of nitrogens with one attached hydrogen (secondary N) is 1. The molecule has 0 aliphatic carbocycles. The highest BCUT2D eigenvalue weighted by atomic mass is 19.3. The number of ether oxygens (including phenoxy) is 1. The molecule has 2 heterocycles. The first-order chi connectivity index (χ1) is 18.3. The van der Waals surface area contributed by atoms with E-state index in [2.05, 4.69) is 5.32 Å². The molecule has 2 atom stereocenters. The van der Waals surface area contributed by atoms with Gasteiger partial charge in [0.05, 0.1) is 18.5 Å². The van der Waals surface area contributed by atoms with Crippen molar-refractivity contribution in [3.05, 3.63) is 47.0 Å². The molecule has 1 aromatic rings. The molecule has 0 saturated carbocycles. The third-order valence-electron chi connectivity index (χ3n) is 7.37. The molecule has 12 heteroatoms. The van der Waals surface area contributed by atoms with Crippen LogP contribution in [-0.4, -0.2) is 88.7 Å². The van der Waals surface area contributed by atoms with Crippen molar-refractivity contribution >= 4 is 19.1 Å². The van der Waals surface area contributed by atoms with Crippen LogP contribution >= 0.6 is 0 Å². The fourth-order valence-corrected chi connectivity index (χ4v) is 4.98. The molecular formula is C27H37BF2N4O5. The maximum absolute atomic E-state index is 13.8. The molecule has 0 radical (unpaired) electrons. The molecule has 0 unspecified atom stereocenters. The van der Waals surface area contributed by atoms with Gasteiger partial charge in [-0.3, -0.25) is 9.69 Å². The van der Waals surface area contributed by atoms with E-state index in [1.807, 2.05) is 37.3 Å². The molecule has 2 aliphatic rings. The van der Waals surface area contributed by atoms with Gasteiger partial charge < -0.3 is 25.0 Å². The predicted molar refractivity (Wildman–Crippen MR) is 142 cm³/mol. The predicted octanol–water partition coefficient (Wildman–Crippen LogP) is 2.60. The van der Waals surface area contributed by atoms with E-state index < -0.39 is 49.1 Å². The van der Waals surface area contributed by atoms with Gasteiger partial charge in [-0.25, -0.2) is 13.6 Å². The topological polar surface area (TPSA) is 126 Å². The summed E-state index contributed by atoms with van der Waals surface area (Å²) in [6.07, 6.45) is 2.55. The van der Waals surface area contributed by atoms with Gasteiger partial charge in [0.1, 0.15) is 18.2 Å². The number of carbonyl (C=O) groups excluding carboxylic acids is 2. The van der Waals surface area contributed by atoms with E-state index in [1.165, 1.54) is 11.0 Å². The Hall–Kier alpha value is -3.01. The Morgan fingerprint density at radius 1 is 1.28 bits per heavy atom. The zero-order valence-electron chi connectivity index (χ0n) is 22.7. The highest BCUT2D eigenvalue weighted by Crippen LogP contribution is 2.33. The Morgan fingerprint density at radius 3 is 2.56 bits per heavy atom. The molecule has 0 aromatic heterocycles. The Balaban J connectivity index is 1.62. The number of hydrogen-bond donors (Lipinski definition) is 3. The lowest BCUT2D eigenvalue weighted by Gasteiger charge is -2.36. The summed E-state index contributed by atoms with van der Waals surface area (Å²) in [6, 6.07) is 8.88. The number of nitrogens with zero attached hydrogens (tertiary/aromatic N) is 3. The van der Waals surface area contributed by atoms with Crippen molar-refractivity contribution in [2.75, 3.05) is 26.2 Å². The number of alkyl carbamates (subject to hydrolysis) is 1. The van der Waals surface area contributed by atoms with Gasteiger partial charge in [0.15, 0.2) is 0 Å². The zero-order chi connectivity index (χ0) is 28.8. The van der Waals surface area contributed by atoms with Crippen molar-refractivity contribution in [1.82, 2.24) is 15.1 Å². The van der Waals surface area contributed by atoms with Crippen LogP contribution in [0.5, 0.6) is 0 Å². The summed E-state index contributed by atoms with van der Waals surface area (Å²) in [4.78, 5) is 28.9. The average Bonchev–Trinajstić information content (AvgIpc) is 3.27. The number of nitriles is 1. The molecule has 9 nitrogen and oxygen atoms in total. The van der Waals surface area contributed by atoms with Crippen molar-refractivity contribution in [3.63, 3.8) is 0 Å². The van der Waals surface area contributed by atoms with Gasteiger partial charge in [-0.15, -0.1) is 0 Å². The van der Waals surface area contributed by atoms with Gasteiger partial charge >= 0.3 is 13.2 Å². The van der Waals surface area contributed by atoms with Crippen LogP contribution in [0.1, 0.15) is 50.7 Å². The SMILES string of the molecule is Cc1ccc(C[C@H](NC(=O)OC[C@H]2CCCCN2C(=O)C(C#N)=CC(C)(C)N2CCC(F)(F)C2)B(O)O)cc1. The molecule has 0 bridgehead atoms. The van der Waals surface area contributed by atoms with Gasteiger partial charge in [0.2, 0.25) is 0 Å². The third kappa shape index (κ3) is 8.49. The summed E-state index contributed by atoms with van der Waals surface area (Å²) in [5.74, 6) is -4.34. The van der Waals surface area contributed by atoms with Crippen molar-refractivity contribution in [2.24, 2.45) is 0 Å². The van der Waals surface area contributed by atoms with E-state index >= 15 is 0 Å². The molecule has 2 amide bonds. The molecule has 3 N–H and O–H groups in total. The minimum absolute atomic E-state index is 0.142. The largest absolute Gasteiger partial charge is 0.475 e. The number of aryl methyl sites for hydroxylation is 1. The van der Waals surface area contributed by atoms with E-state index in [1.54, 1.807) is 18.7 Å². The number of rotatable bonds is 9. The molecule has 0 spiro atoms. The summed E-state index contributed by atoms with van der Waals surface area (Å²) in [7, 11) is -1.81. The third-order valence-corrected chi connectivity index (χ3v) is 7.37. The quantitative estimate of drug-likeness (QED) is 0.247. The Bertz CT molecular complexity index is 1090. The second-order valence-electron chi connectivity index (χ2n) is 11.0. The minimum atomic E-state index is -2.80. The number of amides is 2. The van der Waals surface area contributed by atoms with Crippen LogP contribution in [0.25, 0.3) is 0 Å². The van der Waals surface area contributed by atoms with Crippen LogP contribution in [0.15, 0.2) is 35.9 Å². The molecule has 2 aliphatic heterocycles. The number of carbonyl (C=O) groups is 2. The second-order valence-corrected chi connectivity index (χ2v) is 11.0. The molecule has 212 valence electrons. The van der Waals surface area contributed by atoms with Crippen molar-refractivity contribution in [1.29, 1.82) is 5.26 Å². The fourth-order valence-electron chi connectivity index (χ4n) is 4.98. The maximum atomic E-state index is 13.8. The molecular weight excluding hydrogens is 509 g/mol. The van der Waals surface area contributed by atoms with Crippen molar-refractivity contribution in [2.45, 2.75) is 76.3 Å². The summed E-state index contributed by atoms with van der Waals surface area (Å²) < 4.78 is 32.9. The number of benzene rings is 1. The lowest BCUT2D eigenvalue weighted by atomic mass is 9.76. The Morgan fingerprint density at radius 2 is 1.97 bits per heavy atom. The number of piperidine rings is 1. The summed E-state index contributed by atoms with van der Waals surface area (Å²) >= 11 is 0. The maximum Gasteiger partial charge on any atom is 0.475 e. The van der Waals surface area contributed by atoms with Crippen LogP contribution in [-0.2, 0) is 16.0 Å². The second kappa shape index (κ2) is 12.9. The lowest BCUT2D eigenvalue weighted by molar-refractivity contribution is -0.131. The minimum Gasteiger partial charge on any atom is -0.447 e. The highest BCUT2D eigenvalue weighted by Gasteiger charge is 2.43. The standard InChI is InChI=1S/C27H37BF2N4O5/c1-19-7-9-20(10-8-19)14-23(28(37)38)32-25(36)39-17-22-6-4-5-12-34(22)24(35)21(16-31)15-26(2,3)33-13-11-27(29,30)18-33/h7-10,15,22-23,37-38H,4-6,11-14,17-18H2,1-3H3,(H,32,36)/t22-,23+/m1/s1. The molecule has 39 heavy (non-hydrogen) atoms. The first-order valence-electron chi connectivity index (χ1n) is 13.2. The van der Waals surface area contributed by atoms with Gasteiger partial charge in [-0.2, -0.15) is 5.26 Å². The number of alkyl halides is 2. The summed E-state index contributed by atoms with van der Waals surface area (Å²) in [5, 5.41) is 31.7. The van der Waals surface area contributed by atoms with Crippen LogP contribution in [0, 0.1) is 18.3 Å². The van der Waals surface area contributed by atoms with Gasteiger partial charge in [0, 0.05) is 25.0 Å². The number of halogens is 2. The molecule has 3 rings (SSSR count). The van der Waals surface area contributed by atoms with Crippen LogP contribution in [0.3, 0.4) is 0 Å². The Kier molecular flexibility index (Phi) is 10.1. The summed E-state index contributed by atoms with van der Waals surface area (Å²) in [5.41, 5.74) is 0.779. The van der Waals surface area contributed by atoms with Gasteiger partial charge in [-0.1, -0.05) is 29.8 Å². The molecule has 1 aromatic carbocycles. The number of hydrogen-bond acceptors (Lipinski definition) is 7. The van der Waals surface area contributed by atoms with Crippen molar-refractivity contribution in [3.8, 4) is 6.07 Å². The van der Waals surface area contributed by atoms with E-state index in [0.29, 0.717) is 19.4 Å². The molecule has 2 fully saturated rings. The van der Waals surface area contributed by atoms with E-state index in [0.717, 1.165) is 17.5 Å². The van der Waals surface area contributed by atoms with Gasteiger partial charge in [0.25, 0.3) is 11.8 Å². The number of likely N-dealkylation sites (tertiary alicyclic amines) is 2. The van der Waals surface area contributed by atoms with E-state index in [4.69, 9.17) is 4.74 Å². The average molecular weight is 546 g/mol. The Labute approximate surface area is 228 Å². The fraction of sp³-hybridized carbons (Fsp3) is 0.593. The van der Waals surface area contributed by atoms with Crippen LogP contribution < -0.4 is 5.32 Å². The zero-order valence-corrected chi connectivity index (χ0v) is 22.7. The van der Waals surface area contributed by atoms with E-state index in [-0.39, 0.29) is 31.6 Å².